The summed E-state index contributed by atoms with van der Waals surface area (Å²) >= 11 is 0. The van der Waals surface area contributed by atoms with Crippen molar-refractivity contribution in [2.75, 3.05) is 13.1 Å². The Bertz CT molecular complexity index is 513. The van der Waals surface area contributed by atoms with Gasteiger partial charge in [0.05, 0.1) is 17.1 Å². The SMILES string of the molecule is CC(O)(C1CCCNC1)C1(C#N)Cc2ccccc2C1. The normalized spacial score (nSPS) is 27.4. The summed E-state index contributed by atoms with van der Waals surface area (Å²) in [5.74, 6) is 0.158. The van der Waals surface area contributed by atoms with Gasteiger partial charge in [0.15, 0.2) is 0 Å². The summed E-state index contributed by atoms with van der Waals surface area (Å²) in [4.78, 5) is 0. The summed E-state index contributed by atoms with van der Waals surface area (Å²) in [6.45, 7) is 3.71. The average Bonchev–Trinajstić information content (AvgIpc) is 2.88. The first-order valence-corrected chi connectivity index (χ1v) is 7.50. The second-order valence-electron chi connectivity index (χ2n) is 6.51. The molecule has 3 nitrogen and oxygen atoms in total. The van der Waals surface area contributed by atoms with Crippen LogP contribution in [0.5, 0.6) is 0 Å². The van der Waals surface area contributed by atoms with Crippen LogP contribution in [0.2, 0.25) is 0 Å². The fraction of sp³-hybridized carbons (Fsp3) is 0.588. The molecule has 0 amide bonds. The molecule has 0 aromatic heterocycles. The molecule has 2 aliphatic rings. The third-order valence-corrected chi connectivity index (χ3v) is 5.38. The first-order valence-electron chi connectivity index (χ1n) is 7.50. The molecule has 1 aromatic rings. The molecule has 2 unspecified atom stereocenters. The van der Waals surface area contributed by atoms with Crippen molar-refractivity contribution in [2.24, 2.45) is 11.3 Å². The standard InChI is InChI=1S/C17H22N2O/c1-16(20,15-7-4-8-19-11-15)17(12-18)9-13-5-2-3-6-14(13)10-17/h2-3,5-6,15,19-20H,4,7-11H2,1H3. The van der Waals surface area contributed by atoms with E-state index in [0.29, 0.717) is 12.8 Å². The number of rotatable bonds is 2. The molecule has 2 N–H and O–H groups in total. The minimum absolute atomic E-state index is 0.158. The lowest BCUT2D eigenvalue weighted by atomic mass is 9.64. The van der Waals surface area contributed by atoms with Crippen LogP contribution < -0.4 is 5.32 Å². The van der Waals surface area contributed by atoms with E-state index in [1.165, 1.54) is 11.1 Å². The summed E-state index contributed by atoms with van der Waals surface area (Å²) in [6.07, 6.45) is 3.42. The van der Waals surface area contributed by atoms with E-state index in [0.717, 1.165) is 25.9 Å². The van der Waals surface area contributed by atoms with E-state index in [1.54, 1.807) is 0 Å². The number of nitrogens with one attached hydrogen (secondary N) is 1. The maximum atomic E-state index is 11.2. The Labute approximate surface area is 120 Å². The van der Waals surface area contributed by atoms with Gasteiger partial charge in [-0.15, -0.1) is 0 Å². The van der Waals surface area contributed by atoms with Crippen LogP contribution in [0, 0.1) is 22.7 Å². The predicted octanol–water partition coefficient (Wildman–Crippen LogP) is 2.05. The molecule has 106 valence electrons. The molecule has 1 fully saturated rings. The molecule has 0 saturated carbocycles. The zero-order valence-electron chi connectivity index (χ0n) is 12.0. The monoisotopic (exact) mass is 270 g/mol. The summed E-state index contributed by atoms with van der Waals surface area (Å²) < 4.78 is 0. The van der Waals surface area contributed by atoms with Gasteiger partial charge < -0.3 is 10.4 Å². The van der Waals surface area contributed by atoms with Crippen LogP contribution in [-0.2, 0) is 12.8 Å². The minimum Gasteiger partial charge on any atom is -0.388 e. The zero-order valence-corrected chi connectivity index (χ0v) is 12.0. The molecule has 1 aliphatic heterocycles. The van der Waals surface area contributed by atoms with E-state index in [9.17, 15) is 10.4 Å². The smallest absolute Gasteiger partial charge is 0.0940 e. The van der Waals surface area contributed by atoms with E-state index >= 15 is 0 Å². The molecule has 1 aromatic carbocycles. The van der Waals surface area contributed by atoms with Crippen LogP contribution in [0.1, 0.15) is 30.9 Å². The number of benzene rings is 1. The lowest BCUT2D eigenvalue weighted by Crippen LogP contribution is -2.55. The van der Waals surface area contributed by atoms with Crippen LogP contribution >= 0.6 is 0 Å². The van der Waals surface area contributed by atoms with E-state index in [2.05, 4.69) is 23.5 Å². The molecule has 3 heteroatoms. The average molecular weight is 270 g/mol. The number of hydrogen-bond donors (Lipinski definition) is 2. The maximum Gasteiger partial charge on any atom is 0.0940 e. The second-order valence-corrected chi connectivity index (χ2v) is 6.51. The van der Waals surface area contributed by atoms with Crippen LogP contribution in [0.4, 0.5) is 0 Å². The number of fused-ring (bicyclic) bond motifs is 1. The highest BCUT2D eigenvalue weighted by atomic mass is 16.3. The van der Waals surface area contributed by atoms with Crippen LogP contribution in [0.15, 0.2) is 24.3 Å². The number of piperidine rings is 1. The number of hydrogen-bond acceptors (Lipinski definition) is 3. The second kappa shape index (κ2) is 4.87. The van der Waals surface area contributed by atoms with Crippen molar-refractivity contribution in [1.82, 2.24) is 5.32 Å². The molecule has 0 radical (unpaired) electrons. The highest BCUT2D eigenvalue weighted by molar-refractivity contribution is 5.39. The summed E-state index contributed by atoms with van der Waals surface area (Å²) in [5, 5.41) is 24.4. The largest absolute Gasteiger partial charge is 0.388 e. The van der Waals surface area contributed by atoms with Crippen molar-refractivity contribution in [3.8, 4) is 6.07 Å². The number of aliphatic hydroxyl groups is 1. The number of nitrogens with zero attached hydrogens (tertiary/aromatic N) is 1. The van der Waals surface area contributed by atoms with Crippen LogP contribution in [0.25, 0.3) is 0 Å². The Hall–Kier alpha value is -1.37. The first-order chi connectivity index (χ1) is 9.59. The molecular weight excluding hydrogens is 248 g/mol. The zero-order chi connectivity index (χ0) is 14.2. The van der Waals surface area contributed by atoms with Crippen LogP contribution in [0.3, 0.4) is 0 Å². The molecule has 1 heterocycles. The molecule has 3 rings (SSSR count). The quantitative estimate of drug-likeness (QED) is 0.864. The van der Waals surface area contributed by atoms with Gasteiger partial charge in [-0.05, 0) is 50.3 Å². The van der Waals surface area contributed by atoms with Crippen molar-refractivity contribution < 1.29 is 5.11 Å². The fourth-order valence-electron chi connectivity index (χ4n) is 3.89. The minimum atomic E-state index is -0.950. The molecule has 20 heavy (non-hydrogen) atoms. The van der Waals surface area contributed by atoms with Gasteiger partial charge in [-0.2, -0.15) is 5.26 Å². The van der Waals surface area contributed by atoms with Gasteiger partial charge in [-0.1, -0.05) is 24.3 Å². The molecule has 1 saturated heterocycles. The van der Waals surface area contributed by atoms with Gasteiger partial charge in [-0.3, -0.25) is 0 Å². The summed E-state index contributed by atoms with van der Waals surface area (Å²) in [5.41, 5.74) is 0.811. The Morgan fingerprint density at radius 3 is 2.50 bits per heavy atom. The van der Waals surface area contributed by atoms with Crippen molar-refractivity contribution >= 4 is 0 Å². The maximum absolute atomic E-state index is 11.2. The van der Waals surface area contributed by atoms with Gasteiger partial charge in [0.25, 0.3) is 0 Å². The molecular formula is C17H22N2O. The third-order valence-electron chi connectivity index (χ3n) is 5.38. The van der Waals surface area contributed by atoms with Crippen molar-refractivity contribution in [2.45, 2.75) is 38.2 Å². The van der Waals surface area contributed by atoms with Crippen LogP contribution in [-0.4, -0.2) is 23.8 Å². The summed E-state index contributed by atoms with van der Waals surface area (Å²) in [6, 6.07) is 10.7. The predicted molar refractivity (Wildman–Crippen MR) is 78.1 cm³/mol. The fourth-order valence-corrected chi connectivity index (χ4v) is 3.89. The topological polar surface area (TPSA) is 56.0 Å². The Morgan fingerprint density at radius 2 is 2.00 bits per heavy atom. The Balaban J connectivity index is 1.93. The lowest BCUT2D eigenvalue weighted by molar-refractivity contribution is -0.0892. The van der Waals surface area contributed by atoms with Gasteiger partial charge >= 0.3 is 0 Å². The van der Waals surface area contributed by atoms with Gasteiger partial charge in [0.2, 0.25) is 0 Å². The third kappa shape index (κ3) is 1.95. The van der Waals surface area contributed by atoms with Crippen molar-refractivity contribution in [1.29, 1.82) is 5.26 Å². The van der Waals surface area contributed by atoms with E-state index in [4.69, 9.17) is 0 Å². The molecule has 2 atom stereocenters. The van der Waals surface area contributed by atoms with Crippen molar-refractivity contribution in [3.63, 3.8) is 0 Å². The molecule has 0 spiro atoms. The van der Waals surface area contributed by atoms with Gasteiger partial charge in [-0.25, -0.2) is 0 Å². The van der Waals surface area contributed by atoms with Crippen molar-refractivity contribution in [3.05, 3.63) is 35.4 Å². The van der Waals surface area contributed by atoms with E-state index in [1.807, 2.05) is 19.1 Å². The molecule has 0 bridgehead atoms. The highest BCUT2D eigenvalue weighted by Gasteiger charge is 2.54. The van der Waals surface area contributed by atoms with Gasteiger partial charge in [0, 0.05) is 12.5 Å². The number of nitriles is 1. The van der Waals surface area contributed by atoms with Gasteiger partial charge in [0.1, 0.15) is 0 Å². The Morgan fingerprint density at radius 1 is 1.35 bits per heavy atom. The summed E-state index contributed by atoms with van der Waals surface area (Å²) in [7, 11) is 0. The molecule has 1 aliphatic carbocycles. The first kappa shape index (κ1) is 13.6. The highest BCUT2D eigenvalue weighted by Crippen LogP contribution is 2.48. The Kier molecular flexibility index (Phi) is 3.32. The lowest BCUT2D eigenvalue weighted by Gasteiger charge is -2.45. The van der Waals surface area contributed by atoms with E-state index < -0.39 is 11.0 Å². The van der Waals surface area contributed by atoms with E-state index in [-0.39, 0.29) is 5.92 Å².